The lowest BCUT2D eigenvalue weighted by Gasteiger charge is -2.11. The van der Waals surface area contributed by atoms with E-state index in [0.29, 0.717) is 15.4 Å². The van der Waals surface area contributed by atoms with Crippen LogP contribution in [-0.4, -0.2) is 26.1 Å². The Bertz CT molecular complexity index is 1320. The highest BCUT2D eigenvalue weighted by Gasteiger charge is 2.22. The molecule has 0 bridgehead atoms. The number of hydrogen-bond acceptors (Lipinski definition) is 7. The Hall–Kier alpha value is -3.05. The number of carbonyl (C=O) groups is 1. The van der Waals surface area contributed by atoms with Crippen molar-refractivity contribution in [2.75, 3.05) is 11.1 Å². The third kappa shape index (κ3) is 4.83. The number of nitrogens with zero attached hydrogens (tertiary/aromatic N) is 3. The van der Waals surface area contributed by atoms with Crippen molar-refractivity contribution in [3.8, 4) is 0 Å². The maximum atomic E-state index is 13.3. The van der Waals surface area contributed by atoms with Crippen LogP contribution in [0.3, 0.4) is 0 Å². The summed E-state index contributed by atoms with van der Waals surface area (Å²) in [7, 11) is 0. The minimum atomic E-state index is -0.769. The molecule has 0 aliphatic heterocycles. The van der Waals surface area contributed by atoms with E-state index in [9.17, 15) is 24.1 Å². The molecule has 0 atom stereocenters. The summed E-state index contributed by atoms with van der Waals surface area (Å²) in [4.78, 5) is 42.8. The molecule has 2 heterocycles. The predicted octanol–water partition coefficient (Wildman–Crippen LogP) is 4.69. The number of allylic oxidation sites excluding steroid dienone is 1. The predicted molar refractivity (Wildman–Crippen MR) is 128 cm³/mol. The maximum Gasteiger partial charge on any atom is 0.295 e. The lowest BCUT2D eigenvalue weighted by atomic mass is 10.1. The lowest BCUT2D eigenvalue weighted by molar-refractivity contribution is -0.384. The summed E-state index contributed by atoms with van der Waals surface area (Å²) in [6.07, 6.45) is 6.70. The minimum Gasteiger partial charge on any atom is -0.320 e. The number of nitro groups is 1. The SMILES string of the molecule is C=CCn1c(SCC(=O)Nc2ccc(F)cc2[N+](=O)[O-])nc2sc3c(c2c1=O)CCCCC3. The van der Waals surface area contributed by atoms with Gasteiger partial charge in [-0.05, 0) is 43.4 Å². The first-order valence-corrected chi connectivity index (χ1v) is 12.2. The van der Waals surface area contributed by atoms with Crippen molar-refractivity contribution in [1.82, 2.24) is 9.55 Å². The fraction of sp³-hybridized carbons (Fsp3) is 0.318. The number of anilines is 1. The van der Waals surface area contributed by atoms with Crippen LogP contribution in [0.4, 0.5) is 15.8 Å². The van der Waals surface area contributed by atoms with E-state index in [1.54, 1.807) is 6.08 Å². The first kappa shape index (κ1) is 23.1. The number of halogens is 1. The molecule has 1 amide bonds. The summed E-state index contributed by atoms with van der Waals surface area (Å²) in [5.41, 5.74) is 0.328. The van der Waals surface area contributed by atoms with Crippen LogP contribution in [0.15, 0.2) is 40.8 Å². The van der Waals surface area contributed by atoms with Gasteiger partial charge in [0.2, 0.25) is 5.91 Å². The Morgan fingerprint density at radius 3 is 2.91 bits per heavy atom. The van der Waals surface area contributed by atoms with Gasteiger partial charge in [0, 0.05) is 11.4 Å². The van der Waals surface area contributed by atoms with E-state index in [2.05, 4.69) is 16.9 Å². The van der Waals surface area contributed by atoms with Gasteiger partial charge in [0.1, 0.15) is 16.3 Å². The van der Waals surface area contributed by atoms with Crippen LogP contribution >= 0.6 is 23.1 Å². The second-order valence-corrected chi connectivity index (χ2v) is 9.62. The van der Waals surface area contributed by atoms with E-state index < -0.39 is 22.3 Å². The highest BCUT2D eigenvalue weighted by atomic mass is 32.2. The van der Waals surface area contributed by atoms with E-state index in [1.807, 2.05) is 0 Å². The first-order chi connectivity index (χ1) is 15.9. The molecule has 3 aromatic rings. The molecule has 0 unspecified atom stereocenters. The molecule has 0 saturated heterocycles. The number of nitrogens with one attached hydrogen (secondary N) is 1. The van der Waals surface area contributed by atoms with Crippen molar-refractivity contribution in [3.63, 3.8) is 0 Å². The number of amides is 1. The van der Waals surface area contributed by atoms with Crippen molar-refractivity contribution in [2.24, 2.45) is 0 Å². The van der Waals surface area contributed by atoms with Gasteiger partial charge >= 0.3 is 0 Å². The van der Waals surface area contributed by atoms with Gasteiger partial charge in [0.25, 0.3) is 11.2 Å². The van der Waals surface area contributed by atoms with Crippen molar-refractivity contribution < 1.29 is 14.1 Å². The van der Waals surface area contributed by atoms with Crippen LogP contribution in [0.2, 0.25) is 0 Å². The molecule has 1 aromatic carbocycles. The number of benzene rings is 1. The molecule has 0 radical (unpaired) electrons. The second-order valence-electron chi connectivity index (χ2n) is 7.60. The largest absolute Gasteiger partial charge is 0.320 e. The fourth-order valence-corrected chi connectivity index (χ4v) is 5.99. The molecule has 172 valence electrons. The molecule has 1 aliphatic rings. The van der Waals surface area contributed by atoms with Gasteiger partial charge in [0.05, 0.1) is 22.1 Å². The smallest absolute Gasteiger partial charge is 0.295 e. The van der Waals surface area contributed by atoms with Crippen LogP contribution < -0.4 is 10.9 Å². The number of thioether (sulfide) groups is 1. The summed E-state index contributed by atoms with van der Waals surface area (Å²) in [5, 5.41) is 14.6. The summed E-state index contributed by atoms with van der Waals surface area (Å²) in [6.45, 7) is 3.97. The van der Waals surface area contributed by atoms with Crippen molar-refractivity contribution in [2.45, 2.75) is 43.8 Å². The first-order valence-electron chi connectivity index (χ1n) is 10.4. The molecule has 1 aliphatic carbocycles. The van der Waals surface area contributed by atoms with Crippen LogP contribution in [0.1, 0.15) is 29.7 Å². The van der Waals surface area contributed by atoms with Gasteiger partial charge in [-0.15, -0.1) is 17.9 Å². The Morgan fingerprint density at radius 2 is 2.15 bits per heavy atom. The summed E-state index contributed by atoms with van der Waals surface area (Å²) in [6, 6.07) is 2.93. The van der Waals surface area contributed by atoms with E-state index >= 15 is 0 Å². The van der Waals surface area contributed by atoms with Gasteiger partial charge in [-0.3, -0.25) is 24.3 Å². The van der Waals surface area contributed by atoms with Crippen LogP contribution in [0, 0.1) is 15.9 Å². The van der Waals surface area contributed by atoms with Crippen LogP contribution in [0.25, 0.3) is 10.2 Å². The van der Waals surface area contributed by atoms with E-state index in [-0.39, 0.29) is 23.5 Å². The summed E-state index contributed by atoms with van der Waals surface area (Å²) in [5.74, 6) is -1.43. The highest BCUT2D eigenvalue weighted by molar-refractivity contribution is 7.99. The number of carbonyl (C=O) groups excluding carboxylic acids is 1. The molecule has 2 aromatic heterocycles. The van der Waals surface area contributed by atoms with Crippen molar-refractivity contribution in [3.05, 3.63) is 67.6 Å². The molecule has 4 rings (SSSR count). The Labute approximate surface area is 196 Å². The van der Waals surface area contributed by atoms with Crippen LogP contribution in [0.5, 0.6) is 0 Å². The highest BCUT2D eigenvalue weighted by Crippen LogP contribution is 2.34. The molecule has 33 heavy (non-hydrogen) atoms. The topological polar surface area (TPSA) is 107 Å². The summed E-state index contributed by atoms with van der Waals surface area (Å²) >= 11 is 2.60. The van der Waals surface area contributed by atoms with Gasteiger partial charge in [0.15, 0.2) is 5.16 Å². The van der Waals surface area contributed by atoms with E-state index in [1.165, 1.54) is 20.8 Å². The van der Waals surface area contributed by atoms with Gasteiger partial charge in [-0.1, -0.05) is 24.3 Å². The fourth-order valence-electron chi connectivity index (χ4n) is 3.87. The van der Waals surface area contributed by atoms with Crippen LogP contribution in [-0.2, 0) is 24.2 Å². The number of nitro benzene ring substituents is 1. The van der Waals surface area contributed by atoms with Gasteiger partial charge < -0.3 is 5.32 Å². The zero-order valence-corrected chi connectivity index (χ0v) is 19.3. The summed E-state index contributed by atoms with van der Waals surface area (Å²) < 4.78 is 14.8. The normalized spacial score (nSPS) is 13.4. The maximum absolute atomic E-state index is 13.3. The average Bonchev–Trinajstić information content (AvgIpc) is 2.96. The standard InChI is InChI=1S/C22H21FN4O4S2/c1-2-10-26-21(29)19-14-6-4-3-5-7-17(14)33-20(19)25-22(26)32-12-18(28)24-15-9-8-13(23)11-16(15)27(30)31/h2,8-9,11H,1,3-7,10,12H2,(H,24,28). The van der Waals surface area contributed by atoms with E-state index in [4.69, 9.17) is 0 Å². The third-order valence-corrected chi connectivity index (χ3v) is 7.53. The lowest BCUT2D eigenvalue weighted by Crippen LogP contribution is -2.24. The number of thiophene rings is 1. The molecule has 0 spiro atoms. The van der Waals surface area contributed by atoms with Gasteiger partial charge in [-0.2, -0.15) is 0 Å². The average molecular weight is 489 g/mol. The Balaban J connectivity index is 1.60. The van der Waals surface area contributed by atoms with Gasteiger partial charge in [-0.25, -0.2) is 9.37 Å². The number of hydrogen-bond donors (Lipinski definition) is 1. The zero-order valence-electron chi connectivity index (χ0n) is 17.6. The number of fused-ring (bicyclic) bond motifs is 3. The molecule has 11 heteroatoms. The minimum absolute atomic E-state index is 0.0964. The van der Waals surface area contributed by atoms with E-state index in [0.717, 1.165) is 67.6 Å². The Morgan fingerprint density at radius 1 is 1.36 bits per heavy atom. The van der Waals surface area contributed by atoms with Crippen molar-refractivity contribution in [1.29, 1.82) is 0 Å². The van der Waals surface area contributed by atoms with Crippen molar-refractivity contribution >= 4 is 50.6 Å². The molecule has 8 nitrogen and oxygen atoms in total. The second kappa shape index (κ2) is 9.84. The third-order valence-electron chi connectivity index (χ3n) is 5.36. The number of aromatic nitrogens is 2. The number of rotatable bonds is 7. The molecule has 0 fully saturated rings. The molecular formula is C22H21FN4O4S2. The quantitative estimate of drug-likeness (QED) is 0.129. The number of aryl methyl sites for hydroxylation is 2. The molecule has 0 saturated carbocycles. The molecular weight excluding hydrogens is 467 g/mol. The molecule has 1 N–H and O–H groups in total. The Kier molecular flexibility index (Phi) is 6.89. The zero-order chi connectivity index (χ0) is 23.5. The monoisotopic (exact) mass is 488 g/mol.